The van der Waals surface area contributed by atoms with Crippen molar-refractivity contribution in [3.8, 4) is 0 Å². The van der Waals surface area contributed by atoms with Crippen LogP contribution in [0.1, 0.15) is 32.1 Å². The van der Waals surface area contributed by atoms with Crippen molar-refractivity contribution < 1.29 is 4.79 Å². The number of nitrogens with one attached hydrogen (secondary N) is 1. The maximum atomic E-state index is 12.7. The van der Waals surface area contributed by atoms with Crippen molar-refractivity contribution in [3.63, 3.8) is 0 Å². The lowest BCUT2D eigenvalue weighted by Gasteiger charge is -2.34. The first-order chi connectivity index (χ1) is 9.48. The van der Waals surface area contributed by atoms with Crippen LogP contribution in [-0.2, 0) is 4.79 Å². The minimum Gasteiger partial charge on any atom is -0.329 e. The van der Waals surface area contributed by atoms with Crippen LogP contribution in [0, 0.1) is 5.41 Å². The van der Waals surface area contributed by atoms with Gasteiger partial charge in [0, 0.05) is 20.0 Å². The molecule has 0 unspecified atom stereocenters. The Kier molecular flexibility index (Phi) is 5.68. The first-order valence-electron chi connectivity index (χ1n) is 6.64. The second kappa shape index (κ2) is 6.90. The first kappa shape index (κ1) is 16.5. The Balaban J connectivity index is 2.23. The lowest BCUT2D eigenvalue weighted by molar-refractivity contribution is -0.126. The number of hydrogen-bond donors (Lipinski definition) is 2. The van der Waals surface area contributed by atoms with Crippen LogP contribution in [0.15, 0.2) is 25.6 Å². The van der Waals surface area contributed by atoms with E-state index in [1.807, 2.05) is 12.1 Å². The average Bonchev–Trinajstić information content (AvgIpc) is 2.43. The van der Waals surface area contributed by atoms with E-state index in [9.17, 15) is 4.79 Å². The van der Waals surface area contributed by atoms with Gasteiger partial charge in [-0.3, -0.25) is 4.79 Å². The molecule has 0 aliphatic heterocycles. The monoisotopic (exact) mass is 466 g/mol. The summed E-state index contributed by atoms with van der Waals surface area (Å²) in [7, 11) is 0. The highest BCUT2D eigenvalue weighted by atomic mass is 79.9. The smallest absolute Gasteiger partial charge is 0.231 e. The molecule has 3 N–H and O–H groups in total. The molecule has 0 atom stereocenters. The summed E-state index contributed by atoms with van der Waals surface area (Å²) in [6.07, 6.45) is 5.10. The van der Waals surface area contributed by atoms with Gasteiger partial charge in [-0.05, 0) is 56.8 Å². The Bertz CT molecular complexity index is 490. The van der Waals surface area contributed by atoms with Crippen molar-refractivity contribution in [2.45, 2.75) is 32.1 Å². The SMILES string of the molecule is NCC1(C(=O)Nc2c(Br)cc(Br)cc2Br)CCCCC1. The van der Waals surface area contributed by atoms with Crippen molar-refractivity contribution in [1.82, 2.24) is 0 Å². The van der Waals surface area contributed by atoms with E-state index in [1.165, 1.54) is 6.42 Å². The topological polar surface area (TPSA) is 55.1 Å². The summed E-state index contributed by atoms with van der Waals surface area (Å²) in [5.74, 6) is 0.0309. The molecule has 1 aliphatic rings. The second-order valence-electron chi connectivity index (χ2n) is 5.24. The average molecular weight is 469 g/mol. The zero-order valence-electron chi connectivity index (χ0n) is 11.0. The van der Waals surface area contributed by atoms with Crippen LogP contribution in [0.5, 0.6) is 0 Å². The van der Waals surface area contributed by atoms with Gasteiger partial charge in [-0.15, -0.1) is 0 Å². The van der Waals surface area contributed by atoms with Crippen molar-refractivity contribution in [3.05, 3.63) is 25.6 Å². The van der Waals surface area contributed by atoms with Gasteiger partial charge in [0.15, 0.2) is 0 Å². The predicted molar refractivity (Wildman–Crippen MR) is 92.7 cm³/mol. The zero-order valence-corrected chi connectivity index (χ0v) is 15.8. The van der Waals surface area contributed by atoms with Gasteiger partial charge < -0.3 is 11.1 Å². The third kappa shape index (κ3) is 3.46. The molecule has 0 radical (unpaired) electrons. The molecular formula is C14H17Br3N2O. The molecule has 110 valence electrons. The normalized spacial score (nSPS) is 17.8. The fourth-order valence-electron chi connectivity index (χ4n) is 2.66. The van der Waals surface area contributed by atoms with Gasteiger partial charge in [0.1, 0.15) is 0 Å². The van der Waals surface area contributed by atoms with Crippen LogP contribution in [0.2, 0.25) is 0 Å². The van der Waals surface area contributed by atoms with Gasteiger partial charge in [-0.25, -0.2) is 0 Å². The highest BCUT2D eigenvalue weighted by Gasteiger charge is 2.38. The Morgan fingerprint density at radius 2 is 1.70 bits per heavy atom. The van der Waals surface area contributed by atoms with E-state index in [0.29, 0.717) is 6.54 Å². The van der Waals surface area contributed by atoms with Crippen molar-refractivity contribution >= 4 is 59.4 Å². The molecule has 20 heavy (non-hydrogen) atoms. The largest absolute Gasteiger partial charge is 0.329 e. The summed E-state index contributed by atoms with van der Waals surface area (Å²) in [6.45, 7) is 0.407. The number of carbonyl (C=O) groups excluding carboxylic acids is 1. The van der Waals surface area contributed by atoms with Crippen LogP contribution in [0.3, 0.4) is 0 Å². The molecule has 1 aliphatic carbocycles. The summed E-state index contributed by atoms with van der Waals surface area (Å²) in [5, 5.41) is 3.03. The van der Waals surface area contributed by atoms with Crippen LogP contribution < -0.4 is 11.1 Å². The quantitative estimate of drug-likeness (QED) is 0.668. The van der Waals surface area contributed by atoms with Gasteiger partial charge in [0.2, 0.25) is 5.91 Å². The maximum Gasteiger partial charge on any atom is 0.231 e. The number of carbonyl (C=O) groups is 1. The Morgan fingerprint density at radius 1 is 1.15 bits per heavy atom. The van der Waals surface area contributed by atoms with Gasteiger partial charge in [0.05, 0.1) is 11.1 Å². The fraction of sp³-hybridized carbons (Fsp3) is 0.500. The van der Waals surface area contributed by atoms with Gasteiger partial charge >= 0.3 is 0 Å². The predicted octanol–water partition coefficient (Wildman–Crippen LogP) is 4.82. The molecule has 0 saturated heterocycles. The molecule has 6 heteroatoms. The molecule has 3 nitrogen and oxygen atoms in total. The van der Waals surface area contributed by atoms with E-state index in [0.717, 1.165) is 44.8 Å². The molecule has 1 aromatic rings. The van der Waals surface area contributed by atoms with Gasteiger partial charge in [0.25, 0.3) is 0 Å². The highest BCUT2D eigenvalue weighted by Crippen LogP contribution is 2.39. The van der Waals surface area contributed by atoms with Crippen molar-refractivity contribution in [1.29, 1.82) is 0 Å². The number of halogens is 3. The standard InChI is InChI=1S/C14H17Br3N2O/c15-9-6-10(16)12(11(17)7-9)19-13(20)14(8-18)4-2-1-3-5-14/h6-7H,1-5,8,18H2,(H,19,20). The molecule has 1 amide bonds. The number of benzene rings is 1. The van der Waals surface area contributed by atoms with Crippen LogP contribution in [0.4, 0.5) is 5.69 Å². The lowest BCUT2D eigenvalue weighted by Crippen LogP contribution is -2.43. The fourth-order valence-corrected chi connectivity index (χ4v) is 5.12. The van der Waals surface area contributed by atoms with Crippen LogP contribution in [-0.4, -0.2) is 12.5 Å². The third-order valence-corrected chi connectivity index (χ3v) is 5.64. The molecule has 1 aromatic carbocycles. The van der Waals surface area contributed by atoms with Gasteiger partial charge in [-0.2, -0.15) is 0 Å². The van der Waals surface area contributed by atoms with Crippen molar-refractivity contribution in [2.24, 2.45) is 11.1 Å². The summed E-state index contributed by atoms with van der Waals surface area (Å²) in [6, 6.07) is 3.83. The van der Waals surface area contributed by atoms with Crippen molar-refractivity contribution in [2.75, 3.05) is 11.9 Å². The minimum absolute atomic E-state index is 0.0309. The molecule has 0 heterocycles. The summed E-state index contributed by atoms with van der Waals surface area (Å²) in [5.41, 5.74) is 6.25. The summed E-state index contributed by atoms with van der Waals surface area (Å²) >= 11 is 10.4. The molecule has 0 aromatic heterocycles. The molecule has 0 spiro atoms. The summed E-state index contributed by atoms with van der Waals surface area (Å²) < 4.78 is 2.63. The third-order valence-electron chi connectivity index (χ3n) is 3.93. The molecular weight excluding hydrogens is 452 g/mol. The number of rotatable bonds is 3. The molecule has 2 rings (SSSR count). The Morgan fingerprint density at radius 3 is 2.20 bits per heavy atom. The number of nitrogens with two attached hydrogens (primary N) is 1. The van der Waals surface area contributed by atoms with Crippen LogP contribution >= 0.6 is 47.8 Å². The van der Waals surface area contributed by atoms with E-state index >= 15 is 0 Å². The minimum atomic E-state index is -0.412. The van der Waals surface area contributed by atoms with E-state index in [4.69, 9.17) is 5.73 Å². The van der Waals surface area contributed by atoms with Gasteiger partial charge in [-0.1, -0.05) is 35.2 Å². The van der Waals surface area contributed by atoms with E-state index < -0.39 is 5.41 Å². The van der Waals surface area contributed by atoms with Crippen LogP contribution in [0.25, 0.3) is 0 Å². The second-order valence-corrected chi connectivity index (χ2v) is 7.87. The Hall–Kier alpha value is 0.0900. The molecule has 0 bridgehead atoms. The van der Waals surface area contributed by atoms with E-state index in [-0.39, 0.29) is 5.91 Å². The summed E-state index contributed by atoms with van der Waals surface area (Å²) in [4.78, 5) is 12.7. The number of hydrogen-bond acceptors (Lipinski definition) is 2. The highest BCUT2D eigenvalue weighted by molar-refractivity contribution is 9.11. The lowest BCUT2D eigenvalue weighted by atomic mass is 9.73. The molecule has 1 fully saturated rings. The van der Waals surface area contributed by atoms with E-state index in [2.05, 4.69) is 53.1 Å². The Labute approximate surface area is 144 Å². The first-order valence-corrected chi connectivity index (χ1v) is 9.02. The maximum absolute atomic E-state index is 12.7. The number of anilines is 1. The number of amides is 1. The zero-order chi connectivity index (χ0) is 14.8. The molecule has 1 saturated carbocycles. The van der Waals surface area contributed by atoms with E-state index in [1.54, 1.807) is 0 Å².